The van der Waals surface area contributed by atoms with Gasteiger partial charge in [0, 0.05) is 41.3 Å². The van der Waals surface area contributed by atoms with Crippen LogP contribution in [0.2, 0.25) is 0 Å². The van der Waals surface area contributed by atoms with Crippen LogP contribution in [0.5, 0.6) is 0 Å². The molecule has 0 fully saturated rings. The minimum atomic E-state index is -4.22. The first-order valence-corrected chi connectivity index (χ1v) is 3.91. The molecule has 0 heterocycles. The molecule has 1 aromatic rings. The van der Waals surface area contributed by atoms with Gasteiger partial charge in [-0.2, -0.15) is 13.2 Å². The van der Waals surface area contributed by atoms with Crippen molar-refractivity contribution in [1.29, 1.82) is 0 Å². The molecule has 1 rings (SSSR count). The van der Waals surface area contributed by atoms with E-state index in [2.05, 4.69) is 0 Å². The fraction of sp³-hybridized carbons (Fsp3) is 0.143. The molecule has 1 aromatic carbocycles. The average Bonchev–Trinajstić information content (AvgIpc) is 1.86. The smallest absolute Gasteiger partial charge is 0.166 e. The molecular formula is C7H4ArF3I. The summed E-state index contributed by atoms with van der Waals surface area (Å²) in [6, 6.07) is 5.01. The summed E-state index contributed by atoms with van der Waals surface area (Å²) in [6.45, 7) is 0. The molecule has 0 spiro atoms. The SMILES string of the molecule is FC(F)(F)c1ccc(I)cc1.[Ar]. The van der Waals surface area contributed by atoms with Gasteiger partial charge in [0.15, 0.2) is 0 Å². The second-order valence-corrected chi connectivity index (χ2v) is 3.25. The Bertz CT molecular complexity index is 242. The normalized spacial score (nSPS) is 10.7. The zero-order valence-electron chi connectivity index (χ0n) is 5.67. The number of alkyl halides is 3. The van der Waals surface area contributed by atoms with Gasteiger partial charge in [0.2, 0.25) is 0 Å². The molecule has 0 saturated heterocycles. The third-order valence-corrected chi connectivity index (χ3v) is 1.89. The summed E-state index contributed by atoms with van der Waals surface area (Å²) in [5.74, 6) is 0. The molecule has 0 amide bonds. The van der Waals surface area contributed by atoms with E-state index in [9.17, 15) is 13.2 Å². The molecule has 0 aliphatic heterocycles. The van der Waals surface area contributed by atoms with Crippen LogP contribution in [0.25, 0.3) is 0 Å². The Labute approximate surface area is 112 Å². The third-order valence-electron chi connectivity index (χ3n) is 1.17. The summed E-state index contributed by atoms with van der Waals surface area (Å²) in [6.07, 6.45) is -4.22. The van der Waals surface area contributed by atoms with Crippen LogP contribution in [0.15, 0.2) is 24.3 Å². The van der Waals surface area contributed by atoms with Crippen LogP contribution in [-0.4, -0.2) is 0 Å². The van der Waals surface area contributed by atoms with E-state index in [1.807, 2.05) is 22.6 Å². The molecule has 0 radical (unpaired) electrons. The Morgan fingerprint density at radius 1 is 1.00 bits per heavy atom. The number of hydrogen-bond acceptors (Lipinski definition) is 0. The predicted octanol–water partition coefficient (Wildman–Crippen LogP) is 3.31. The number of hydrogen-bond donors (Lipinski definition) is 0. The molecule has 68 valence electrons. The molecule has 0 nitrogen and oxygen atoms in total. The van der Waals surface area contributed by atoms with Crippen LogP contribution in [0.4, 0.5) is 13.2 Å². The molecule has 0 aromatic heterocycles. The quantitative estimate of drug-likeness (QED) is 0.645. The molecule has 0 aliphatic rings. The van der Waals surface area contributed by atoms with Gasteiger partial charge in [0.05, 0.1) is 5.56 Å². The van der Waals surface area contributed by atoms with E-state index in [0.29, 0.717) is 0 Å². The van der Waals surface area contributed by atoms with Gasteiger partial charge in [-0.3, -0.25) is 0 Å². The Balaban J connectivity index is 0.00000121. The molecule has 0 N–H and O–H groups in total. The van der Waals surface area contributed by atoms with Gasteiger partial charge in [-0.05, 0) is 46.9 Å². The zero-order chi connectivity index (χ0) is 8.48. The Hall–Kier alpha value is 1.000. The Morgan fingerprint density at radius 3 is 1.75 bits per heavy atom. The first-order chi connectivity index (χ1) is 5.00. The van der Waals surface area contributed by atoms with E-state index in [0.717, 1.165) is 15.7 Å². The van der Waals surface area contributed by atoms with Crippen LogP contribution in [-0.2, 0) is 6.18 Å². The Morgan fingerprint density at radius 2 is 1.42 bits per heavy atom. The molecule has 0 bridgehead atoms. The summed E-state index contributed by atoms with van der Waals surface area (Å²) in [4.78, 5) is 0. The minimum absolute atomic E-state index is 0. The van der Waals surface area contributed by atoms with Crippen molar-refractivity contribution in [3.63, 3.8) is 0 Å². The van der Waals surface area contributed by atoms with E-state index >= 15 is 0 Å². The first-order valence-electron chi connectivity index (χ1n) is 2.83. The van der Waals surface area contributed by atoms with Crippen molar-refractivity contribution in [3.8, 4) is 0 Å². The van der Waals surface area contributed by atoms with E-state index < -0.39 is 11.7 Å². The molecule has 0 aliphatic carbocycles. The second-order valence-electron chi connectivity index (χ2n) is 2.00. The van der Waals surface area contributed by atoms with Crippen LogP contribution < -0.4 is 0 Å². The van der Waals surface area contributed by atoms with Crippen molar-refractivity contribution >= 4 is 22.6 Å². The van der Waals surface area contributed by atoms with Crippen LogP contribution >= 0.6 is 22.6 Å². The summed E-state index contributed by atoms with van der Waals surface area (Å²) in [5.41, 5.74) is -0.599. The summed E-state index contributed by atoms with van der Waals surface area (Å²) in [5, 5.41) is 0. The van der Waals surface area contributed by atoms with Gasteiger partial charge in [0.25, 0.3) is 0 Å². The van der Waals surface area contributed by atoms with Gasteiger partial charge in [-0.25, -0.2) is 0 Å². The molecular weight excluding hydrogens is 308 g/mol. The summed E-state index contributed by atoms with van der Waals surface area (Å²) in [7, 11) is 0. The van der Waals surface area contributed by atoms with Crippen molar-refractivity contribution in [2.45, 2.75) is 6.18 Å². The fourth-order valence-corrected chi connectivity index (χ4v) is 0.998. The predicted molar refractivity (Wildman–Crippen MR) is 44.2 cm³/mol. The maximum Gasteiger partial charge on any atom is 0.416 e. The van der Waals surface area contributed by atoms with Gasteiger partial charge in [-0.15, -0.1) is 0 Å². The van der Waals surface area contributed by atoms with Crippen molar-refractivity contribution in [2.24, 2.45) is 0 Å². The van der Waals surface area contributed by atoms with Gasteiger partial charge >= 0.3 is 6.18 Å². The summed E-state index contributed by atoms with van der Waals surface area (Å²) < 4.78 is 36.6. The number of halogens is 4. The van der Waals surface area contributed by atoms with Gasteiger partial charge in [-0.1, -0.05) is 0 Å². The average molecular weight is 312 g/mol. The summed E-state index contributed by atoms with van der Waals surface area (Å²) >= 11 is 1.96. The van der Waals surface area contributed by atoms with E-state index in [-0.39, 0.29) is 37.7 Å². The van der Waals surface area contributed by atoms with E-state index in [4.69, 9.17) is 0 Å². The zero-order valence-corrected chi connectivity index (χ0v) is 8.54. The van der Waals surface area contributed by atoms with E-state index in [1.165, 1.54) is 12.1 Å². The van der Waals surface area contributed by atoms with Crippen molar-refractivity contribution < 1.29 is 50.9 Å². The molecule has 0 unspecified atom stereocenters. The first kappa shape index (κ1) is 13.0. The van der Waals surface area contributed by atoms with Gasteiger partial charge in [0.1, 0.15) is 0 Å². The second kappa shape index (κ2) is 5.02. The topological polar surface area (TPSA) is 0 Å². The Kier molecular flexibility index (Phi) is 5.44. The maximum atomic E-state index is 11.9. The molecule has 5 heteroatoms. The fourth-order valence-electron chi connectivity index (χ4n) is 0.639. The largest absolute Gasteiger partial charge is 0.416 e. The van der Waals surface area contributed by atoms with Gasteiger partial charge < -0.3 is 0 Å². The number of rotatable bonds is 0. The molecule has 0 saturated carbocycles. The number of benzene rings is 1. The van der Waals surface area contributed by atoms with Crippen molar-refractivity contribution in [3.05, 3.63) is 33.4 Å². The van der Waals surface area contributed by atoms with Crippen molar-refractivity contribution in [2.75, 3.05) is 0 Å². The third kappa shape index (κ3) is 3.81. The van der Waals surface area contributed by atoms with Crippen LogP contribution in [0.3, 0.4) is 0 Å². The molecule has 12 heavy (non-hydrogen) atoms. The van der Waals surface area contributed by atoms with Crippen LogP contribution in [0.1, 0.15) is 5.56 Å². The minimum Gasteiger partial charge on any atom is -0.166 e. The molecule has 0 atom stereocenters. The monoisotopic (exact) mass is 312 g/mol. The standard InChI is InChI=1S/C7H4F3I.Ar/c8-7(9,10)5-1-3-6(11)4-2-5;/h1-4H;. The maximum absolute atomic E-state index is 11.9. The van der Waals surface area contributed by atoms with Crippen LogP contribution in [0, 0.1) is 41.3 Å². The van der Waals surface area contributed by atoms with Crippen molar-refractivity contribution in [1.82, 2.24) is 0 Å². The van der Waals surface area contributed by atoms with E-state index in [1.54, 1.807) is 0 Å².